The molecule has 0 saturated carbocycles. The lowest BCUT2D eigenvalue weighted by Gasteiger charge is -2.37. The van der Waals surface area contributed by atoms with Crippen molar-refractivity contribution in [3.05, 3.63) is 206 Å². The smallest absolute Gasteiger partial charge is 0.148 e. The van der Waals surface area contributed by atoms with Crippen LogP contribution in [0.5, 0.6) is 17.2 Å². The molecular weight excluding hydrogens is 687 g/mol. The highest BCUT2D eigenvalue weighted by atomic mass is 16.3. The van der Waals surface area contributed by atoms with Crippen molar-refractivity contribution in [1.82, 2.24) is 4.48 Å². The van der Waals surface area contributed by atoms with E-state index in [0.717, 1.165) is 50.1 Å². The Bertz CT molecular complexity index is 2210. The Hall–Kier alpha value is -6.10. The number of benzene rings is 7. The van der Waals surface area contributed by atoms with Crippen molar-refractivity contribution < 1.29 is 15.3 Å². The minimum Gasteiger partial charge on any atom is -0.872 e. The number of phenols is 2. The number of aryl methyl sites for hydroxylation is 8. The molecule has 7 aromatic rings. The van der Waals surface area contributed by atoms with E-state index >= 15 is 0 Å². The first-order valence-electron chi connectivity index (χ1n) is 19.3. The summed E-state index contributed by atoms with van der Waals surface area (Å²) in [6.07, 6.45) is 1.09. The fourth-order valence-electron chi connectivity index (χ4n) is 7.78. The molecule has 0 fully saturated rings. The Morgan fingerprint density at radius 1 is 0.393 bits per heavy atom. The number of phenolic OH excluding ortho intramolecular Hbond substituents is 2. The summed E-state index contributed by atoms with van der Waals surface area (Å²) in [4.78, 5) is 0. The van der Waals surface area contributed by atoms with Crippen molar-refractivity contribution in [2.45, 2.75) is 68.2 Å². The highest BCUT2D eigenvalue weighted by molar-refractivity contribution is 5.81. The fraction of sp³-hybridized carbons (Fsp3) is 0.192. The van der Waals surface area contributed by atoms with Gasteiger partial charge in [0, 0.05) is 48.5 Å². The Morgan fingerprint density at radius 3 is 1.02 bits per heavy atom. The van der Waals surface area contributed by atoms with Gasteiger partial charge in [-0.2, -0.15) is 4.48 Å². The predicted octanol–water partition coefficient (Wildman–Crippen LogP) is 12.8. The first-order chi connectivity index (χ1) is 26.8. The first-order valence-corrected chi connectivity index (χ1v) is 19.3. The lowest BCUT2D eigenvalue weighted by atomic mass is 9.93. The zero-order valence-electron chi connectivity index (χ0n) is 33.9. The lowest BCUT2D eigenvalue weighted by Crippen LogP contribution is -2.33. The molecule has 0 aliphatic rings. The van der Waals surface area contributed by atoms with Gasteiger partial charge in [0.1, 0.15) is 34.2 Å². The molecule has 4 nitrogen and oxygen atoms in total. The van der Waals surface area contributed by atoms with E-state index in [-0.39, 0.29) is 5.75 Å². The maximum Gasteiger partial charge on any atom is 0.148 e. The molecular formula is C52H53NO3. The molecule has 0 amide bonds. The molecule has 0 aliphatic carbocycles. The van der Waals surface area contributed by atoms with Gasteiger partial charge in [-0.05, 0) is 102 Å². The quantitative estimate of drug-likeness (QED) is 0.153. The number of hydrogen-bond acceptors (Lipinski definition) is 3. The molecule has 0 aliphatic heterocycles. The van der Waals surface area contributed by atoms with Gasteiger partial charge < -0.3 is 15.3 Å². The molecule has 4 heteroatoms. The van der Waals surface area contributed by atoms with Gasteiger partial charge in [-0.3, -0.25) is 0 Å². The Labute approximate surface area is 333 Å². The van der Waals surface area contributed by atoms with Gasteiger partial charge in [-0.15, -0.1) is 5.75 Å². The van der Waals surface area contributed by atoms with Gasteiger partial charge in [-0.1, -0.05) is 124 Å². The van der Waals surface area contributed by atoms with E-state index in [2.05, 4.69) is 124 Å². The summed E-state index contributed by atoms with van der Waals surface area (Å²) in [5.41, 5.74) is 16.6. The Morgan fingerprint density at radius 2 is 0.696 bits per heavy atom. The summed E-state index contributed by atoms with van der Waals surface area (Å²) in [6.45, 7) is 15.9. The molecule has 0 bridgehead atoms. The standard InChI is InChI=1S/C27H26N.C25H28O3/c1-21-9-15-25(16-10-21)28(24-7-5-4-6-8-24,26-17-11-22(2)12-18-26)27-19-13-23(3)14-20-27;1-14-6-21(12-19-8-15(2)23(26)16(3)9-19)25(28)22(7-14)13-20-10-17(4)24(27)18(5)11-20/h4-20H,1-3H3;6-11,26-28H,12-13H2,1-5H3/q+1;/p-1. The molecule has 284 valence electrons. The molecule has 0 aromatic heterocycles. The number of quaternary nitrogens is 1. The Kier molecular flexibility index (Phi) is 11.8. The van der Waals surface area contributed by atoms with E-state index in [9.17, 15) is 15.3 Å². The van der Waals surface area contributed by atoms with Crippen molar-refractivity contribution >= 4 is 22.7 Å². The second-order valence-electron chi connectivity index (χ2n) is 15.4. The highest BCUT2D eigenvalue weighted by Crippen LogP contribution is 2.51. The first kappa shape index (κ1) is 39.6. The van der Waals surface area contributed by atoms with Crippen LogP contribution in [-0.4, -0.2) is 10.2 Å². The summed E-state index contributed by atoms with van der Waals surface area (Å²) in [5.74, 6) is 0.695. The van der Waals surface area contributed by atoms with Crippen molar-refractivity contribution in [1.29, 1.82) is 0 Å². The summed E-state index contributed by atoms with van der Waals surface area (Å²) < 4.78 is 0.557. The van der Waals surface area contributed by atoms with Crippen LogP contribution in [0.4, 0.5) is 22.7 Å². The second kappa shape index (κ2) is 16.7. The van der Waals surface area contributed by atoms with Crippen molar-refractivity contribution in [2.75, 3.05) is 0 Å². The van der Waals surface area contributed by atoms with Crippen LogP contribution in [0.25, 0.3) is 0 Å². The summed E-state index contributed by atoms with van der Waals surface area (Å²) >= 11 is 0. The lowest BCUT2D eigenvalue weighted by molar-refractivity contribution is -0.270. The van der Waals surface area contributed by atoms with E-state index < -0.39 is 0 Å². The predicted molar refractivity (Wildman–Crippen MR) is 232 cm³/mol. The average molecular weight is 740 g/mol. The molecule has 0 atom stereocenters. The average Bonchev–Trinajstić information content (AvgIpc) is 3.17. The topological polar surface area (TPSA) is 63.5 Å². The van der Waals surface area contributed by atoms with Gasteiger partial charge in [0.25, 0.3) is 0 Å². The third kappa shape index (κ3) is 8.41. The zero-order valence-corrected chi connectivity index (χ0v) is 33.9. The second-order valence-corrected chi connectivity index (χ2v) is 15.4. The van der Waals surface area contributed by atoms with Crippen LogP contribution in [0.1, 0.15) is 66.8 Å². The third-order valence-electron chi connectivity index (χ3n) is 10.7. The van der Waals surface area contributed by atoms with Crippen molar-refractivity contribution in [2.24, 2.45) is 0 Å². The largest absolute Gasteiger partial charge is 0.872 e. The summed E-state index contributed by atoms with van der Waals surface area (Å²) in [6, 6.07) is 49.2. The molecule has 7 aromatic carbocycles. The minimum absolute atomic E-state index is 0.0670. The van der Waals surface area contributed by atoms with Crippen LogP contribution in [0.15, 0.2) is 140 Å². The van der Waals surface area contributed by atoms with Gasteiger partial charge in [-0.25, -0.2) is 0 Å². The highest BCUT2D eigenvalue weighted by Gasteiger charge is 2.39. The summed E-state index contributed by atoms with van der Waals surface area (Å²) in [5, 5.41) is 33.1. The van der Waals surface area contributed by atoms with Gasteiger partial charge >= 0.3 is 0 Å². The molecule has 0 spiro atoms. The molecule has 56 heavy (non-hydrogen) atoms. The summed E-state index contributed by atoms with van der Waals surface area (Å²) in [7, 11) is 0. The van der Waals surface area contributed by atoms with Crippen molar-refractivity contribution in [3.8, 4) is 17.2 Å². The molecule has 7 rings (SSSR count). The van der Waals surface area contributed by atoms with Crippen LogP contribution < -0.4 is 9.59 Å². The normalized spacial score (nSPS) is 11.2. The van der Waals surface area contributed by atoms with Crippen LogP contribution in [0.3, 0.4) is 0 Å². The van der Waals surface area contributed by atoms with E-state index in [1.807, 2.05) is 71.0 Å². The minimum atomic E-state index is 0.0670. The SMILES string of the molecule is Cc1cc(Cc2cc(C)c(O)c(C)c2)c([O-])c(Cc2cc(C)c(O)c(C)c2)c1.Cc1ccc([N+](c2ccccc2)(c2ccc(C)cc2)c2ccc(C)cc2)cc1. The van der Waals surface area contributed by atoms with Crippen LogP contribution in [0.2, 0.25) is 0 Å². The molecule has 2 N–H and O–H groups in total. The number of hydrogen-bond donors (Lipinski definition) is 2. The monoisotopic (exact) mass is 739 g/mol. The van der Waals surface area contributed by atoms with Gasteiger partial charge in [0.15, 0.2) is 0 Å². The number of para-hydroxylation sites is 1. The number of rotatable bonds is 8. The maximum atomic E-state index is 13.1. The van der Waals surface area contributed by atoms with E-state index in [4.69, 9.17) is 0 Å². The Balaban J connectivity index is 0.000000190. The van der Waals surface area contributed by atoms with Crippen LogP contribution in [-0.2, 0) is 12.8 Å². The van der Waals surface area contributed by atoms with E-state index in [1.165, 1.54) is 39.4 Å². The van der Waals surface area contributed by atoms with Crippen LogP contribution in [0, 0.1) is 55.4 Å². The van der Waals surface area contributed by atoms with E-state index in [0.29, 0.717) is 28.8 Å². The van der Waals surface area contributed by atoms with Gasteiger partial charge in [0.2, 0.25) is 0 Å². The van der Waals surface area contributed by atoms with Gasteiger partial charge in [0.05, 0.1) is 0 Å². The maximum absolute atomic E-state index is 13.1. The number of aromatic hydroxyl groups is 2. The third-order valence-corrected chi connectivity index (χ3v) is 10.7. The zero-order chi connectivity index (χ0) is 40.1. The molecule has 0 saturated heterocycles. The van der Waals surface area contributed by atoms with E-state index in [1.54, 1.807) is 0 Å². The van der Waals surface area contributed by atoms with Crippen LogP contribution >= 0.6 is 0 Å². The molecule has 0 heterocycles. The molecule has 0 unspecified atom stereocenters. The molecule has 0 radical (unpaired) electrons. The fourth-order valence-corrected chi connectivity index (χ4v) is 7.78. The van der Waals surface area contributed by atoms with Crippen molar-refractivity contribution in [3.63, 3.8) is 0 Å². The number of nitrogens with zero attached hydrogens (tertiary/aromatic N) is 1.